The maximum Gasteiger partial charge on any atom is 0.324 e. The number of hydrogen-bond donors (Lipinski definition) is 2. The van der Waals surface area contributed by atoms with E-state index in [-0.39, 0.29) is 18.9 Å². The van der Waals surface area contributed by atoms with Crippen LogP contribution >= 0.6 is 0 Å². The van der Waals surface area contributed by atoms with E-state index >= 15 is 0 Å². The number of carbonyl (C=O) groups excluding carboxylic acids is 1. The molecule has 1 unspecified atom stereocenters. The zero-order chi connectivity index (χ0) is 14.3. The predicted octanol–water partition coefficient (Wildman–Crippen LogP) is 2.01. The fraction of sp³-hybridized carbons (Fsp3) is 0.909. The Morgan fingerprint density at radius 3 is 2.28 bits per heavy atom. The van der Waals surface area contributed by atoms with E-state index in [4.69, 9.17) is 5.73 Å². The summed E-state index contributed by atoms with van der Waals surface area (Å²) in [5, 5.41) is 1.82. The van der Waals surface area contributed by atoms with Gasteiger partial charge in [0.25, 0.3) is 0 Å². The van der Waals surface area contributed by atoms with Gasteiger partial charge in [0.2, 0.25) is 5.91 Å². The highest BCUT2D eigenvalue weighted by atomic mass is 19.3. The molecule has 0 fully saturated rings. The lowest BCUT2D eigenvalue weighted by atomic mass is 9.94. The molecule has 0 aromatic heterocycles. The first kappa shape index (κ1) is 17.2. The Kier molecular flexibility index (Phi) is 7.20. The highest BCUT2D eigenvalue weighted by molar-refractivity contribution is 5.76. The highest BCUT2D eigenvalue weighted by Crippen LogP contribution is 2.21. The molecular formula is C11H20F4N2O. The van der Waals surface area contributed by atoms with Crippen molar-refractivity contribution in [2.75, 3.05) is 13.1 Å². The molecule has 0 saturated heterocycles. The molecule has 1 atom stereocenters. The lowest BCUT2D eigenvalue weighted by molar-refractivity contribution is -0.137. The van der Waals surface area contributed by atoms with Crippen molar-refractivity contribution in [3.05, 3.63) is 0 Å². The number of carbonyl (C=O) groups is 1. The first-order chi connectivity index (χ1) is 8.19. The summed E-state index contributed by atoms with van der Waals surface area (Å²) >= 11 is 0. The van der Waals surface area contributed by atoms with E-state index in [2.05, 4.69) is 0 Å². The molecule has 3 N–H and O–H groups in total. The molecule has 0 aliphatic carbocycles. The van der Waals surface area contributed by atoms with Gasteiger partial charge < -0.3 is 11.1 Å². The Labute approximate surface area is 104 Å². The third kappa shape index (κ3) is 6.78. The molecule has 3 nitrogen and oxygen atoms in total. The van der Waals surface area contributed by atoms with Crippen molar-refractivity contribution in [2.24, 2.45) is 17.6 Å². The van der Waals surface area contributed by atoms with Crippen molar-refractivity contribution in [1.29, 1.82) is 0 Å². The van der Waals surface area contributed by atoms with Gasteiger partial charge in [-0.15, -0.1) is 0 Å². The van der Waals surface area contributed by atoms with E-state index in [1.165, 1.54) is 0 Å². The summed E-state index contributed by atoms with van der Waals surface area (Å²) in [5.74, 6) is -4.66. The van der Waals surface area contributed by atoms with Crippen LogP contribution in [0.5, 0.6) is 0 Å². The standard InChI is InChI=1S/C11H20F4N2O/c1-7(2)3-8(5-16)4-9(18)17-6-11(14,15)10(12)13/h7-8,10H,3-6,16H2,1-2H3,(H,17,18). The summed E-state index contributed by atoms with van der Waals surface area (Å²) in [6, 6.07) is 0. The van der Waals surface area contributed by atoms with Crippen molar-refractivity contribution >= 4 is 5.91 Å². The van der Waals surface area contributed by atoms with Gasteiger partial charge in [0.05, 0.1) is 6.54 Å². The maximum absolute atomic E-state index is 12.5. The molecule has 0 heterocycles. The first-order valence-electron chi connectivity index (χ1n) is 5.81. The number of rotatable bonds is 8. The van der Waals surface area contributed by atoms with Crippen LogP contribution in [0.15, 0.2) is 0 Å². The molecular weight excluding hydrogens is 252 g/mol. The van der Waals surface area contributed by atoms with Crippen molar-refractivity contribution in [3.8, 4) is 0 Å². The molecule has 0 radical (unpaired) electrons. The highest BCUT2D eigenvalue weighted by Gasteiger charge is 2.40. The molecule has 0 aliphatic rings. The third-order valence-electron chi connectivity index (χ3n) is 2.45. The fourth-order valence-corrected chi connectivity index (χ4v) is 1.56. The summed E-state index contributed by atoms with van der Waals surface area (Å²) in [5.41, 5.74) is 5.45. The zero-order valence-corrected chi connectivity index (χ0v) is 10.6. The van der Waals surface area contributed by atoms with Gasteiger partial charge in [-0.3, -0.25) is 4.79 Å². The van der Waals surface area contributed by atoms with Crippen molar-refractivity contribution in [2.45, 2.75) is 39.0 Å². The van der Waals surface area contributed by atoms with Crippen LogP contribution < -0.4 is 11.1 Å². The molecule has 108 valence electrons. The second kappa shape index (κ2) is 7.56. The molecule has 0 aromatic rings. The fourth-order valence-electron chi connectivity index (χ4n) is 1.56. The van der Waals surface area contributed by atoms with E-state index in [1.54, 1.807) is 0 Å². The predicted molar refractivity (Wildman–Crippen MR) is 60.6 cm³/mol. The second-order valence-corrected chi connectivity index (χ2v) is 4.77. The van der Waals surface area contributed by atoms with Crippen molar-refractivity contribution in [3.63, 3.8) is 0 Å². The molecule has 7 heteroatoms. The molecule has 0 saturated carbocycles. The van der Waals surface area contributed by atoms with Gasteiger partial charge in [0.1, 0.15) is 0 Å². The Bertz CT molecular complexity index is 259. The number of hydrogen-bond acceptors (Lipinski definition) is 2. The lowest BCUT2D eigenvalue weighted by Gasteiger charge is -2.19. The maximum atomic E-state index is 12.5. The van der Waals surface area contributed by atoms with Crippen molar-refractivity contribution < 1.29 is 22.4 Å². The Morgan fingerprint density at radius 2 is 1.89 bits per heavy atom. The van der Waals surface area contributed by atoms with Gasteiger partial charge in [-0.2, -0.15) is 8.78 Å². The van der Waals surface area contributed by atoms with Crippen LogP contribution in [-0.2, 0) is 4.79 Å². The molecule has 0 bridgehead atoms. The minimum atomic E-state index is -4.19. The summed E-state index contributed by atoms with van der Waals surface area (Å²) in [6.45, 7) is 2.82. The lowest BCUT2D eigenvalue weighted by Crippen LogP contribution is -2.42. The molecule has 0 rings (SSSR count). The molecule has 1 amide bonds. The molecule has 0 spiro atoms. The average Bonchev–Trinajstić information content (AvgIpc) is 2.24. The number of amides is 1. The van der Waals surface area contributed by atoms with Gasteiger partial charge in [-0.05, 0) is 24.8 Å². The first-order valence-corrected chi connectivity index (χ1v) is 5.81. The van der Waals surface area contributed by atoms with Crippen LogP contribution in [0.25, 0.3) is 0 Å². The molecule has 0 aliphatic heterocycles. The molecule has 18 heavy (non-hydrogen) atoms. The SMILES string of the molecule is CC(C)CC(CN)CC(=O)NCC(F)(F)C(F)F. The summed E-state index contributed by atoms with van der Waals surface area (Å²) in [7, 11) is 0. The van der Waals surface area contributed by atoms with E-state index in [1.807, 2.05) is 19.2 Å². The van der Waals surface area contributed by atoms with Crippen LogP contribution in [0, 0.1) is 11.8 Å². The summed E-state index contributed by atoms with van der Waals surface area (Å²) < 4.78 is 48.8. The quantitative estimate of drug-likeness (QED) is 0.664. The zero-order valence-electron chi connectivity index (χ0n) is 10.6. The van der Waals surface area contributed by atoms with Crippen LogP contribution in [0.4, 0.5) is 17.6 Å². The summed E-state index contributed by atoms with van der Waals surface area (Å²) in [6.07, 6.45) is -3.11. The molecule has 0 aromatic carbocycles. The van der Waals surface area contributed by atoms with Gasteiger partial charge in [0, 0.05) is 6.42 Å². The van der Waals surface area contributed by atoms with E-state index in [9.17, 15) is 22.4 Å². The minimum absolute atomic E-state index is 0.0198. The van der Waals surface area contributed by atoms with E-state index < -0.39 is 24.8 Å². The van der Waals surface area contributed by atoms with Crippen molar-refractivity contribution in [1.82, 2.24) is 5.32 Å². The summed E-state index contributed by atoms with van der Waals surface area (Å²) in [4.78, 5) is 11.3. The van der Waals surface area contributed by atoms with Crippen LogP contribution in [0.3, 0.4) is 0 Å². The second-order valence-electron chi connectivity index (χ2n) is 4.77. The number of nitrogens with two attached hydrogens (primary N) is 1. The smallest absolute Gasteiger partial charge is 0.324 e. The average molecular weight is 272 g/mol. The number of nitrogens with one attached hydrogen (secondary N) is 1. The van der Waals surface area contributed by atoms with Gasteiger partial charge in [-0.25, -0.2) is 8.78 Å². The Balaban J connectivity index is 4.10. The van der Waals surface area contributed by atoms with Crippen LogP contribution in [0.1, 0.15) is 26.7 Å². The monoisotopic (exact) mass is 272 g/mol. The van der Waals surface area contributed by atoms with E-state index in [0.29, 0.717) is 12.3 Å². The van der Waals surface area contributed by atoms with Crippen LogP contribution in [-0.4, -0.2) is 31.3 Å². The Hall–Kier alpha value is -0.850. The van der Waals surface area contributed by atoms with Crippen LogP contribution in [0.2, 0.25) is 0 Å². The number of halogens is 4. The third-order valence-corrected chi connectivity index (χ3v) is 2.45. The van der Waals surface area contributed by atoms with Gasteiger partial charge >= 0.3 is 12.3 Å². The Morgan fingerprint density at radius 1 is 1.33 bits per heavy atom. The van der Waals surface area contributed by atoms with Gasteiger partial charge in [-0.1, -0.05) is 13.8 Å². The normalized spacial score (nSPS) is 14.1. The minimum Gasteiger partial charge on any atom is -0.350 e. The van der Waals surface area contributed by atoms with Gasteiger partial charge in [0.15, 0.2) is 0 Å². The van der Waals surface area contributed by atoms with E-state index in [0.717, 1.165) is 0 Å². The largest absolute Gasteiger partial charge is 0.350 e. The topological polar surface area (TPSA) is 55.1 Å². The number of alkyl halides is 4.